The largest absolute Gasteiger partial charge is 0.508 e. The standard InChI is InChI=1S/C24H26N4OS/c29-20-9-5-8-19(13-20)27-24-23-21(25-16-26-24)14-22(30-23)18-7-4-6-17(12-18)15-28-10-2-1-3-11-28/h4-9,12-14,25,29H,1-3,10-11,15-16H2,(H,26,27). The molecule has 5 nitrogen and oxygen atoms in total. The minimum atomic E-state index is 0.243. The van der Waals surface area contributed by atoms with Crippen LogP contribution in [0.15, 0.2) is 59.6 Å². The van der Waals surface area contributed by atoms with E-state index in [1.54, 1.807) is 23.5 Å². The lowest BCUT2D eigenvalue weighted by Gasteiger charge is -2.26. The second-order valence-corrected chi connectivity index (χ2v) is 8.96. The molecule has 0 saturated carbocycles. The predicted octanol–water partition coefficient (Wildman–Crippen LogP) is 5.35. The summed E-state index contributed by atoms with van der Waals surface area (Å²) in [7, 11) is 0. The van der Waals surface area contributed by atoms with E-state index >= 15 is 0 Å². The first-order valence-electron chi connectivity index (χ1n) is 10.5. The number of phenols is 1. The number of rotatable bonds is 4. The Labute approximate surface area is 181 Å². The van der Waals surface area contributed by atoms with Gasteiger partial charge in [-0.05, 0) is 61.3 Å². The van der Waals surface area contributed by atoms with Crippen molar-refractivity contribution in [3.63, 3.8) is 0 Å². The van der Waals surface area contributed by atoms with Crippen LogP contribution in [0.25, 0.3) is 10.4 Å². The highest BCUT2D eigenvalue weighted by Gasteiger charge is 2.19. The summed E-state index contributed by atoms with van der Waals surface area (Å²) in [5.41, 5.74) is 4.57. The third-order valence-corrected chi connectivity index (χ3v) is 6.82. The van der Waals surface area contributed by atoms with Crippen LogP contribution in [-0.4, -0.2) is 35.6 Å². The van der Waals surface area contributed by atoms with Gasteiger partial charge in [-0.15, -0.1) is 11.3 Å². The number of thiophene rings is 1. The highest BCUT2D eigenvalue weighted by atomic mass is 32.1. The number of anilines is 2. The molecule has 0 atom stereocenters. The maximum absolute atomic E-state index is 9.74. The van der Waals surface area contributed by atoms with Crippen LogP contribution in [0.2, 0.25) is 0 Å². The molecule has 0 spiro atoms. The van der Waals surface area contributed by atoms with E-state index in [0.717, 1.165) is 28.6 Å². The molecule has 0 amide bonds. The van der Waals surface area contributed by atoms with Crippen molar-refractivity contribution >= 4 is 28.5 Å². The van der Waals surface area contributed by atoms with Crippen LogP contribution in [0.5, 0.6) is 5.75 Å². The van der Waals surface area contributed by atoms with Crippen LogP contribution in [0.1, 0.15) is 29.7 Å². The molecule has 2 aromatic carbocycles. The number of hydrogen-bond donors (Lipinski definition) is 3. The molecular weight excluding hydrogens is 392 g/mol. The Bertz CT molecular complexity index is 1070. The average molecular weight is 419 g/mol. The molecule has 2 aliphatic heterocycles. The first-order chi connectivity index (χ1) is 14.7. The van der Waals surface area contributed by atoms with Gasteiger partial charge in [0.1, 0.15) is 18.3 Å². The first-order valence-corrected chi connectivity index (χ1v) is 11.4. The number of nitrogens with zero attached hydrogens (tertiary/aromatic N) is 2. The minimum absolute atomic E-state index is 0.243. The second-order valence-electron chi connectivity index (χ2n) is 7.91. The fourth-order valence-corrected chi connectivity index (χ4v) is 5.23. The molecule has 0 radical (unpaired) electrons. The van der Waals surface area contributed by atoms with E-state index in [2.05, 4.69) is 50.9 Å². The highest BCUT2D eigenvalue weighted by Crippen LogP contribution is 2.37. The van der Waals surface area contributed by atoms with Crippen LogP contribution < -0.4 is 10.6 Å². The van der Waals surface area contributed by atoms with Gasteiger partial charge in [0.2, 0.25) is 0 Å². The van der Waals surface area contributed by atoms with Gasteiger partial charge in [-0.2, -0.15) is 0 Å². The first kappa shape index (κ1) is 19.2. The fraction of sp³-hybridized carbons (Fsp3) is 0.292. The van der Waals surface area contributed by atoms with Crippen molar-refractivity contribution in [2.24, 2.45) is 4.99 Å². The van der Waals surface area contributed by atoms with Gasteiger partial charge in [0.25, 0.3) is 0 Å². The number of phenolic OH excluding ortho intramolecular Hbond substituents is 1. The van der Waals surface area contributed by atoms with Gasteiger partial charge in [0.05, 0.1) is 10.6 Å². The molecule has 1 saturated heterocycles. The summed E-state index contributed by atoms with van der Waals surface area (Å²) >= 11 is 1.74. The fourth-order valence-electron chi connectivity index (χ4n) is 4.13. The molecule has 2 aliphatic rings. The summed E-state index contributed by atoms with van der Waals surface area (Å²) in [6.45, 7) is 3.99. The molecule has 0 aliphatic carbocycles. The number of hydrogen-bond acceptors (Lipinski definition) is 6. The van der Waals surface area contributed by atoms with Gasteiger partial charge >= 0.3 is 0 Å². The van der Waals surface area contributed by atoms with E-state index in [1.807, 2.05) is 12.1 Å². The monoisotopic (exact) mass is 418 g/mol. The summed E-state index contributed by atoms with van der Waals surface area (Å²) in [5.74, 6) is 1.09. The topological polar surface area (TPSA) is 59.9 Å². The van der Waals surface area contributed by atoms with E-state index in [-0.39, 0.29) is 5.75 Å². The van der Waals surface area contributed by atoms with E-state index < -0.39 is 0 Å². The number of aliphatic imine (C=N–C) groups is 1. The third kappa shape index (κ3) is 4.20. The summed E-state index contributed by atoms with van der Waals surface area (Å²) in [5, 5.41) is 16.5. The van der Waals surface area contributed by atoms with Crippen LogP contribution in [0.4, 0.5) is 11.4 Å². The Morgan fingerprint density at radius 1 is 1.03 bits per heavy atom. The molecule has 5 rings (SSSR count). The van der Waals surface area contributed by atoms with E-state index in [0.29, 0.717) is 6.67 Å². The zero-order chi connectivity index (χ0) is 20.3. The van der Waals surface area contributed by atoms with Crippen LogP contribution >= 0.6 is 11.3 Å². The van der Waals surface area contributed by atoms with E-state index in [1.165, 1.54) is 48.4 Å². The number of fused-ring (bicyclic) bond motifs is 1. The Kier molecular flexibility index (Phi) is 5.43. The molecule has 0 unspecified atom stereocenters. The third-order valence-electron chi connectivity index (χ3n) is 5.63. The van der Waals surface area contributed by atoms with Gasteiger partial charge in [-0.3, -0.25) is 4.90 Å². The van der Waals surface area contributed by atoms with Crippen molar-refractivity contribution in [2.75, 3.05) is 30.4 Å². The Morgan fingerprint density at radius 2 is 1.90 bits per heavy atom. The number of amidine groups is 1. The predicted molar refractivity (Wildman–Crippen MR) is 126 cm³/mol. The highest BCUT2D eigenvalue weighted by molar-refractivity contribution is 7.18. The molecule has 30 heavy (non-hydrogen) atoms. The molecule has 3 heterocycles. The lowest BCUT2D eigenvalue weighted by molar-refractivity contribution is 0.221. The van der Waals surface area contributed by atoms with Crippen molar-refractivity contribution in [1.82, 2.24) is 4.90 Å². The molecule has 1 fully saturated rings. The number of piperidine rings is 1. The maximum atomic E-state index is 9.74. The van der Waals surface area contributed by atoms with Crippen molar-refractivity contribution < 1.29 is 5.11 Å². The van der Waals surface area contributed by atoms with Gasteiger partial charge in [0, 0.05) is 23.2 Å². The molecule has 3 N–H and O–H groups in total. The zero-order valence-corrected chi connectivity index (χ0v) is 17.7. The summed E-state index contributed by atoms with van der Waals surface area (Å²) in [6, 6.07) is 18.3. The number of aromatic hydroxyl groups is 1. The Balaban J connectivity index is 1.38. The van der Waals surface area contributed by atoms with E-state index in [9.17, 15) is 5.11 Å². The zero-order valence-electron chi connectivity index (χ0n) is 16.9. The lowest BCUT2D eigenvalue weighted by Crippen LogP contribution is -2.29. The van der Waals surface area contributed by atoms with Gasteiger partial charge in [0.15, 0.2) is 0 Å². The normalized spacial score (nSPS) is 16.5. The quantitative estimate of drug-likeness (QED) is 0.535. The minimum Gasteiger partial charge on any atom is -0.508 e. The molecule has 154 valence electrons. The SMILES string of the molecule is Oc1cccc(NC2=NCNc3cc(-c4cccc(CN5CCCCC5)c4)sc32)c1. The Morgan fingerprint density at radius 3 is 2.77 bits per heavy atom. The molecule has 0 bridgehead atoms. The van der Waals surface area contributed by atoms with Crippen LogP contribution in [0.3, 0.4) is 0 Å². The van der Waals surface area contributed by atoms with Gasteiger partial charge in [-0.1, -0.05) is 30.7 Å². The van der Waals surface area contributed by atoms with E-state index in [4.69, 9.17) is 0 Å². The van der Waals surface area contributed by atoms with Crippen molar-refractivity contribution in [1.29, 1.82) is 0 Å². The van der Waals surface area contributed by atoms with Crippen LogP contribution in [0, 0.1) is 0 Å². The number of likely N-dealkylation sites (tertiary alicyclic amines) is 1. The van der Waals surface area contributed by atoms with Gasteiger partial charge in [-0.25, -0.2) is 4.99 Å². The molecule has 1 aromatic heterocycles. The van der Waals surface area contributed by atoms with Crippen molar-refractivity contribution in [2.45, 2.75) is 25.8 Å². The van der Waals surface area contributed by atoms with Gasteiger partial charge < -0.3 is 15.7 Å². The smallest absolute Gasteiger partial charge is 0.146 e. The lowest BCUT2D eigenvalue weighted by atomic mass is 10.1. The van der Waals surface area contributed by atoms with Crippen LogP contribution in [-0.2, 0) is 6.54 Å². The number of nitrogens with one attached hydrogen (secondary N) is 2. The second kappa shape index (κ2) is 8.50. The summed E-state index contributed by atoms with van der Waals surface area (Å²) in [6.07, 6.45) is 4.00. The van der Waals surface area contributed by atoms with Crippen molar-refractivity contribution in [3.05, 3.63) is 65.0 Å². The number of benzene rings is 2. The Hall–Kier alpha value is -2.83. The van der Waals surface area contributed by atoms with Crippen molar-refractivity contribution in [3.8, 4) is 16.2 Å². The molecule has 3 aromatic rings. The maximum Gasteiger partial charge on any atom is 0.146 e. The average Bonchev–Trinajstić information content (AvgIpc) is 3.20. The molecular formula is C24H26N4OS. The molecule has 6 heteroatoms. The summed E-state index contributed by atoms with van der Waals surface area (Å²) in [4.78, 5) is 9.51. The summed E-state index contributed by atoms with van der Waals surface area (Å²) < 4.78 is 0.